The first kappa shape index (κ1) is 14.5. The molecule has 120 valence electrons. The highest BCUT2D eigenvalue weighted by molar-refractivity contribution is 5.32. The summed E-state index contributed by atoms with van der Waals surface area (Å²) in [6.45, 7) is 3.63. The van der Waals surface area contributed by atoms with Crippen molar-refractivity contribution in [2.24, 2.45) is 17.8 Å². The molecular weight excluding hydrogens is 274 g/mol. The standard InChI is InChI=1S/C19H27NO2/c1-22-19(15-7-9-18(21)10-8-15)16-3-2-4-17(19)13-20(12-16)11-14-5-6-14/h7-10,14,16-17,21H,2-6,11-13H2,1H3. The Morgan fingerprint density at radius 1 is 1.09 bits per heavy atom. The highest BCUT2D eigenvalue weighted by atomic mass is 16.5. The van der Waals surface area contributed by atoms with Crippen LogP contribution >= 0.6 is 0 Å². The predicted octanol–water partition coefficient (Wildman–Crippen LogP) is 3.38. The number of piperidine rings is 1. The zero-order valence-electron chi connectivity index (χ0n) is 13.5. The van der Waals surface area contributed by atoms with E-state index in [0.717, 1.165) is 5.92 Å². The van der Waals surface area contributed by atoms with Crippen molar-refractivity contribution in [3.63, 3.8) is 0 Å². The number of nitrogens with zero attached hydrogens (tertiary/aromatic N) is 1. The Balaban J connectivity index is 1.64. The molecular formula is C19H27NO2. The summed E-state index contributed by atoms with van der Waals surface area (Å²) in [5.74, 6) is 2.46. The van der Waals surface area contributed by atoms with Crippen LogP contribution in [-0.2, 0) is 10.3 Å². The summed E-state index contributed by atoms with van der Waals surface area (Å²) >= 11 is 0. The molecule has 0 amide bonds. The number of rotatable bonds is 4. The van der Waals surface area contributed by atoms with Crippen molar-refractivity contribution < 1.29 is 9.84 Å². The molecule has 0 spiro atoms. The van der Waals surface area contributed by atoms with Crippen molar-refractivity contribution in [2.45, 2.75) is 37.7 Å². The molecule has 1 aliphatic heterocycles. The molecule has 3 aliphatic rings. The molecule has 2 saturated carbocycles. The van der Waals surface area contributed by atoms with Gasteiger partial charge < -0.3 is 14.7 Å². The number of hydrogen-bond acceptors (Lipinski definition) is 3. The van der Waals surface area contributed by atoms with Crippen molar-refractivity contribution in [2.75, 3.05) is 26.7 Å². The number of fused-ring (bicyclic) bond motifs is 2. The third-order valence-electron chi connectivity index (χ3n) is 6.14. The second kappa shape index (κ2) is 5.54. The Kier molecular flexibility index (Phi) is 3.66. The fraction of sp³-hybridized carbons (Fsp3) is 0.684. The molecule has 2 aliphatic carbocycles. The van der Waals surface area contributed by atoms with E-state index in [1.165, 1.54) is 57.3 Å². The quantitative estimate of drug-likeness (QED) is 0.925. The molecule has 1 aromatic carbocycles. The van der Waals surface area contributed by atoms with Crippen molar-refractivity contribution in [1.29, 1.82) is 0 Å². The lowest BCUT2D eigenvalue weighted by Crippen LogP contribution is -2.59. The molecule has 3 fully saturated rings. The van der Waals surface area contributed by atoms with Gasteiger partial charge in [0.1, 0.15) is 11.4 Å². The molecule has 0 radical (unpaired) electrons. The van der Waals surface area contributed by atoms with Crippen LogP contribution in [0.2, 0.25) is 0 Å². The highest BCUT2D eigenvalue weighted by Gasteiger charge is 2.53. The van der Waals surface area contributed by atoms with E-state index in [1.54, 1.807) is 0 Å². The average molecular weight is 301 g/mol. The zero-order valence-corrected chi connectivity index (χ0v) is 13.5. The van der Waals surface area contributed by atoms with Crippen LogP contribution < -0.4 is 0 Å². The molecule has 3 nitrogen and oxygen atoms in total. The number of aromatic hydroxyl groups is 1. The topological polar surface area (TPSA) is 32.7 Å². The van der Waals surface area contributed by atoms with Crippen molar-refractivity contribution in [1.82, 2.24) is 4.90 Å². The van der Waals surface area contributed by atoms with E-state index in [-0.39, 0.29) is 5.60 Å². The summed E-state index contributed by atoms with van der Waals surface area (Å²) in [6.07, 6.45) is 6.70. The van der Waals surface area contributed by atoms with Crippen LogP contribution in [-0.4, -0.2) is 36.8 Å². The number of hydrogen-bond donors (Lipinski definition) is 1. The minimum absolute atomic E-state index is 0.147. The molecule has 0 aromatic heterocycles. The predicted molar refractivity (Wildman–Crippen MR) is 86.8 cm³/mol. The minimum atomic E-state index is -0.147. The van der Waals surface area contributed by atoms with Gasteiger partial charge in [-0.05, 0) is 49.3 Å². The first-order valence-electron chi connectivity index (χ1n) is 8.79. The first-order chi connectivity index (χ1) is 10.7. The van der Waals surface area contributed by atoms with Gasteiger partial charge in [0.25, 0.3) is 0 Å². The van der Waals surface area contributed by atoms with Gasteiger partial charge in [0.15, 0.2) is 0 Å². The third-order valence-corrected chi connectivity index (χ3v) is 6.14. The molecule has 1 heterocycles. The maximum atomic E-state index is 9.61. The summed E-state index contributed by atoms with van der Waals surface area (Å²) < 4.78 is 6.23. The molecule has 4 rings (SSSR count). The van der Waals surface area contributed by atoms with Crippen LogP contribution in [0, 0.1) is 17.8 Å². The van der Waals surface area contributed by atoms with Crippen LogP contribution in [0.25, 0.3) is 0 Å². The van der Waals surface area contributed by atoms with E-state index < -0.39 is 0 Å². The zero-order chi connectivity index (χ0) is 15.2. The largest absolute Gasteiger partial charge is 0.508 e. The van der Waals surface area contributed by atoms with Gasteiger partial charge in [-0.25, -0.2) is 0 Å². The van der Waals surface area contributed by atoms with Gasteiger partial charge in [0, 0.05) is 38.6 Å². The molecule has 3 heteroatoms. The summed E-state index contributed by atoms with van der Waals surface area (Å²) in [5.41, 5.74) is 1.11. The molecule has 1 aromatic rings. The summed E-state index contributed by atoms with van der Waals surface area (Å²) in [7, 11) is 1.88. The Morgan fingerprint density at radius 2 is 1.73 bits per heavy atom. The Bertz CT molecular complexity index is 509. The molecule has 2 atom stereocenters. The number of ether oxygens (including phenoxy) is 1. The number of benzene rings is 1. The van der Waals surface area contributed by atoms with Crippen LogP contribution in [0.15, 0.2) is 24.3 Å². The fourth-order valence-corrected chi connectivity index (χ4v) is 4.98. The van der Waals surface area contributed by atoms with Crippen LogP contribution in [0.5, 0.6) is 5.75 Å². The molecule has 1 saturated heterocycles. The van der Waals surface area contributed by atoms with Gasteiger partial charge >= 0.3 is 0 Å². The number of methoxy groups -OCH3 is 1. The molecule has 1 N–H and O–H groups in total. The lowest BCUT2D eigenvalue weighted by atomic mass is 9.62. The monoisotopic (exact) mass is 301 g/mol. The fourth-order valence-electron chi connectivity index (χ4n) is 4.98. The summed E-state index contributed by atoms with van der Waals surface area (Å²) in [5, 5.41) is 9.61. The number of phenolic OH excluding ortho intramolecular Hbond substituents is 1. The van der Waals surface area contributed by atoms with Gasteiger partial charge in [0.05, 0.1) is 0 Å². The first-order valence-corrected chi connectivity index (χ1v) is 8.79. The highest BCUT2D eigenvalue weighted by Crippen LogP contribution is 2.52. The second-order valence-electron chi connectivity index (χ2n) is 7.53. The van der Waals surface area contributed by atoms with Gasteiger partial charge in [0.2, 0.25) is 0 Å². The number of likely N-dealkylation sites (tertiary alicyclic amines) is 1. The van der Waals surface area contributed by atoms with E-state index in [1.807, 2.05) is 19.2 Å². The Morgan fingerprint density at radius 3 is 2.27 bits per heavy atom. The second-order valence-corrected chi connectivity index (χ2v) is 7.53. The molecule has 2 unspecified atom stereocenters. The minimum Gasteiger partial charge on any atom is -0.508 e. The van der Waals surface area contributed by atoms with Gasteiger partial charge in [-0.2, -0.15) is 0 Å². The van der Waals surface area contributed by atoms with Crippen LogP contribution in [0.4, 0.5) is 0 Å². The number of phenols is 1. The summed E-state index contributed by atoms with van der Waals surface area (Å²) in [4.78, 5) is 2.70. The normalized spacial score (nSPS) is 35.5. The van der Waals surface area contributed by atoms with Crippen molar-refractivity contribution >= 4 is 0 Å². The maximum Gasteiger partial charge on any atom is 0.115 e. The van der Waals surface area contributed by atoms with E-state index in [2.05, 4.69) is 17.0 Å². The molecule has 22 heavy (non-hydrogen) atoms. The van der Waals surface area contributed by atoms with Crippen molar-refractivity contribution in [3.8, 4) is 5.75 Å². The Hall–Kier alpha value is -1.06. The van der Waals surface area contributed by atoms with E-state index >= 15 is 0 Å². The molecule has 2 bridgehead atoms. The van der Waals surface area contributed by atoms with Gasteiger partial charge in [-0.3, -0.25) is 0 Å². The lowest BCUT2D eigenvalue weighted by Gasteiger charge is -2.55. The SMILES string of the molecule is COC1(c2ccc(O)cc2)C2CCCC1CN(CC1CC1)C2. The smallest absolute Gasteiger partial charge is 0.115 e. The van der Waals surface area contributed by atoms with Crippen LogP contribution in [0.3, 0.4) is 0 Å². The Labute approximate surface area is 133 Å². The van der Waals surface area contributed by atoms with E-state index in [9.17, 15) is 5.11 Å². The lowest BCUT2D eigenvalue weighted by molar-refractivity contribution is -0.169. The van der Waals surface area contributed by atoms with E-state index in [4.69, 9.17) is 4.74 Å². The summed E-state index contributed by atoms with van der Waals surface area (Å²) in [6, 6.07) is 7.76. The average Bonchev–Trinajstić information content (AvgIpc) is 3.31. The van der Waals surface area contributed by atoms with Gasteiger partial charge in [-0.1, -0.05) is 18.6 Å². The van der Waals surface area contributed by atoms with Crippen molar-refractivity contribution in [3.05, 3.63) is 29.8 Å². The third kappa shape index (κ3) is 2.35. The van der Waals surface area contributed by atoms with Gasteiger partial charge in [-0.15, -0.1) is 0 Å². The maximum absolute atomic E-state index is 9.61. The van der Waals surface area contributed by atoms with Crippen LogP contribution in [0.1, 0.15) is 37.7 Å². The van der Waals surface area contributed by atoms with E-state index in [0.29, 0.717) is 17.6 Å².